The standard InChI is InChI=1S/C14H16F3NO2/c1-18-6-5-11(12(8-18)13(19)20)9-3-2-4-10(7-9)14(15,16)17/h2-4,7,11-12H,5-6,8H2,1H3,(H,19,20). The van der Waals surface area contributed by atoms with E-state index in [1.54, 1.807) is 6.07 Å². The van der Waals surface area contributed by atoms with Gasteiger partial charge in [-0.1, -0.05) is 18.2 Å². The highest BCUT2D eigenvalue weighted by Gasteiger charge is 2.36. The first-order chi connectivity index (χ1) is 9.29. The highest BCUT2D eigenvalue weighted by Crippen LogP contribution is 2.36. The Morgan fingerprint density at radius 1 is 1.40 bits per heavy atom. The van der Waals surface area contributed by atoms with Crippen molar-refractivity contribution in [3.63, 3.8) is 0 Å². The van der Waals surface area contributed by atoms with E-state index in [9.17, 15) is 23.1 Å². The molecule has 20 heavy (non-hydrogen) atoms. The number of carboxylic acid groups (broad SMARTS) is 1. The van der Waals surface area contributed by atoms with Crippen LogP contribution in [0.3, 0.4) is 0 Å². The third-order valence-corrected chi connectivity index (χ3v) is 3.78. The van der Waals surface area contributed by atoms with E-state index in [4.69, 9.17) is 0 Å². The van der Waals surface area contributed by atoms with Crippen LogP contribution in [0.1, 0.15) is 23.5 Å². The first-order valence-corrected chi connectivity index (χ1v) is 6.37. The van der Waals surface area contributed by atoms with E-state index in [0.29, 0.717) is 25.1 Å². The summed E-state index contributed by atoms with van der Waals surface area (Å²) < 4.78 is 38.2. The summed E-state index contributed by atoms with van der Waals surface area (Å²) in [6, 6.07) is 5.01. The van der Waals surface area contributed by atoms with Crippen molar-refractivity contribution in [2.24, 2.45) is 5.92 Å². The second kappa shape index (κ2) is 5.44. The number of carbonyl (C=O) groups is 1. The monoisotopic (exact) mass is 287 g/mol. The van der Waals surface area contributed by atoms with E-state index < -0.39 is 23.6 Å². The van der Waals surface area contributed by atoms with Gasteiger partial charge in [0.25, 0.3) is 0 Å². The number of aliphatic carboxylic acids is 1. The van der Waals surface area contributed by atoms with E-state index in [0.717, 1.165) is 12.1 Å². The fraction of sp³-hybridized carbons (Fsp3) is 0.500. The zero-order chi connectivity index (χ0) is 14.9. The number of carboxylic acids is 1. The average Bonchev–Trinajstić information content (AvgIpc) is 2.37. The molecule has 2 unspecified atom stereocenters. The van der Waals surface area contributed by atoms with Gasteiger partial charge >= 0.3 is 12.1 Å². The highest BCUT2D eigenvalue weighted by atomic mass is 19.4. The Labute approximate surface area is 115 Å². The van der Waals surface area contributed by atoms with Gasteiger partial charge in [-0.25, -0.2) is 0 Å². The third kappa shape index (κ3) is 3.12. The van der Waals surface area contributed by atoms with Crippen molar-refractivity contribution >= 4 is 5.97 Å². The maximum absolute atomic E-state index is 12.7. The van der Waals surface area contributed by atoms with Crippen molar-refractivity contribution in [3.05, 3.63) is 35.4 Å². The zero-order valence-electron chi connectivity index (χ0n) is 11.0. The highest BCUT2D eigenvalue weighted by molar-refractivity contribution is 5.72. The second-order valence-electron chi connectivity index (χ2n) is 5.23. The fourth-order valence-electron chi connectivity index (χ4n) is 2.71. The van der Waals surface area contributed by atoms with Crippen molar-refractivity contribution in [2.75, 3.05) is 20.1 Å². The van der Waals surface area contributed by atoms with E-state index in [2.05, 4.69) is 0 Å². The van der Waals surface area contributed by atoms with Crippen LogP contribution >= 0.6 is 0 Å². The summed E-state index contributed by atoms with van der Waals surface area (Å²) in [5, 5.41) is 9.27. The Hall–Kier alpha value is -1.56. The smallest absolute Gasteiger partial charge is 0.416 e. The van der Waals surface area contributed by atoms with Crippen LogP contribution in [0.4, 0.5) is 13.2 Å². The molecular weight excluding hydrogens is 271 g/mol. The molecule has 1 aliphatic heterocycles. The molecule has 0 amide bonds. The molecule has 1 N–H and O–H groups in total. The number of hydrogen-bond acceptors (Lipinski definition) is 2. The summed E-state index contributed by atoms with van der Waals surface area (Å²) in [4.78, 5) is 13.2. The van der Waals surface area contributed by atoms with Crippen LogP contribution in [-0.4, -0.2) is 36.1 Å². The molecule has 2 rings (SSSR count). The van der Waals surface area contributed by atoms with Gasteiger partial charge in [0.2, 0.25) is 0 Å². The number of hydrogen-bond donors (Lipinski definition) is 1. The minimum absolute atomic E-state index is 0.357. The minimum atomic E-state index is -4.40. The molecule has 1 fully saturated rings. The second-order valence-corrected chi connectivity index (χ2v) is 5.23. The normalized spacial score (nSPS) is 24.6. The van der Waals surface area contributed by atoms with Crippen molar-refractivity contribution in [1.82, 2.24) is 4.90 Å². The minimum Gasteiger partial charge on any atom is -0.481 e. The summed E-state index contributed by atoms with van der Waals surface area (Å²) in [6.07, 6.45) is -3.85. The van der Waals surface area contributed by atoms with Crippen LogP contribution in [0.5, 0.6) is 0 Å². The molecule has 1 aromatic rings. The maximum Gasteiger partial charge on any atom is 0.416 e. The van der Waals surface area contributed by atoms with Crippen LogP contribution in [0.15, 0.2) is 24.3 Å². The first kappa shape index (κ1) is 14.8. The van der Waals surface area contributed by atoms with Crippen molar-refractivity contribution < 1.29 is 23.1 Å². The number of rotatable bonds is 2. The fourth-order valence-corrected chi connectivity index (χ4v) is 2.71. The number of nitrogens with zero attached hydrogens (tertiary/aromatic N) is 1. The Balaban J connectivity index is 2.32. The van der Waals surface area contributed by atoms with Crippen molar-refractivity contribution in [3.8, 4) is 0 Å². The van der Waals surface area contributed by atoms with Crippen molar-refractivity contribution in [2.45, 2.75) is 18.5 Å². The molecule has 1 heterocycles. The lowest BCUT2D eigenvalue weighted by Gasteiger charge is -2.34. The number of alkyl halides is 3. The number of benzene rings is 1. The lowest BCUT2D eigenvalue weighted by molar-refractivity contribution is -0.144. The molecular formula is C14H16F3NO2. The van der Waals surface area contributed by atoms with Gasteiger partial charge in [-0.3, -0.25) is 4.79 Å². The van der Waals surface area contributed by atoms with Gasteiger partial charge in [0, 0.05) is 6.54 Å². The summed E-state index contributed by atoms with van der Waals surface area (Å²) in [7, 11) is 1.82. The molecule has 0 spiro atoms. The molecule has 0 aliphatic carbocycles. The van der Waals surface area contributed by atoms with Crippen LogP contribution < -0.4 is 0 Å². The zero-order valence-corrected chi connectivity index (χ0v) is 11.0. The topological polar surface area (TPSA) is 40.5 Å². The van der Waals surface area contributed by atoms with Gasteiger partial charge in [0.05, 0.1) is 11.5 Å². The quantitative estimate of drug-likeness (QED) is 0.909. The van der Waals surface area contributed by atoms with E-state index in [-0.39, 0.29) is 5.92 Å². The number of likely N-dealkylation sites (tertiary alicyclic amines) is 1. The predicted octanol–water partition coefficient (Wildman–Crippen LogP) is 2.83. The predicted molar refractivity (Wildman–Crippen MR) is 67.4 cm³/mol. The van der Waals surface area contributed by atoms with Crippen LogP contribution in [-0.2, 0) is 11.0 Å². The van der Waals surface area contributed by atoms with E-state index in [1.807, 2.05) is 11.9 Å². The van der Waals surface area contributed by atoms with Crippen molar-refractivity contribution in [1.29, 1.82) is 0 Å². The van der Waals surface area contributed by atoms with Gasteiger partial charge in [-0.15, -0.1) is 0 Å². The average molecular weight is 287 g/mol. The molecule has 1 aliphatic rings. The molecule has 3 nitrogen and oxygen atoms in total. The summed E-state index contributed by atoms with van der Waals surface area (Å²) in [5.74, 6) is -2.00. The number of piperidine rings is 1. The Bertz CT molecular complexity index is 501. The lowest BCUT2D eigenvalue weighted by Crippen LogP contribution is -2.40. The SMILES string of the molecule is CN1CCC(c2cccc(C(F)(F)F)c2)C(C(=O)O)C1. The molecule has 6 heteroatoms. The van der Waals surface area contributed by atoms with Gasteiger partial charge < -0.3 is 10.0 Å². The molecule has 0 radical (unpaired) electrons. The summed E-state index contributed by atoms with van der Waals surface area (Å²) >= 11 is 0. The Morgan fingerprint density at radius 3 is 2.70 bits per heavy atom. The summed E-state index contributed by atoms with van der Waals surface area (Å²) in [6.45, 7) is 1.04. The van der Waals surface area contributed by atoms with E-state index in [1.165, 1.54) is 6.07 Å². The van der Waals surface area contributed by atoms with Gasteiger partial charge in [0.15, 0.2) is 0 Å². The van der Waals surface area contributed by atoms with Gasteiger partial charge in [-0.05, 0) is 37.6 Å². The molecule has 2 atom stereocenters. The largest absolute Gasteiger partial charge is 0.481 e. The molecule has 0 saturated carbocycles. The van der Waals surface area contributed by atoms with Crippen LogP contribution in [0, 0.1) is 5.92 Å². The number of halogens is 3. The lowest BCUT2D eigenvalue weighted by atomic mass is 9.80. The molecule has 0 aromatic heterocycles. The molecule has 0 bridgehead atoms. The van der Waals surface area contributed by atoms with Crippen LogP contribution in [0.25, 0.3) is 0 Å². The summed E-state index contributed by atoms with van der Waals surface area (Å²) in [5.41, 5.74) is -0.265. The molecule has 1 saturated heterocycles. The molecule has 1 aromatic carbocycles. The van der Waals surface area contributed by atoms with Crippen LogP contribution in [0.2, 0.25) is 0 Å². The Morgan fingerprint density at radius 2 is 2.10 bits per heavy atom. The van der Waals surface area contributed by atoms with Gasteiger partial charge in [-0.2, -0.15) is 13.2 Å². The Kier molecular flexibility index (Phi) is 4.04. The first-order valence-electron chi connectivity index (χ1n) is 6.37. The maximum atomic E-state index is 12.7. The molecule has 110 valence electrons. The van der Waals surface area contributed by atoms with Gasteiger partial charge in [0.1, 0.15) is 0 Å². The van der Waals surface area contributed by atoms with E-state index >= 15 is 0 Å². The third-order valence-electron chi connectivity index (χ3n) is 3.78.